The molecule has 0 radical (unpaired) electrons. The number of nitrogens with zero attached hydrogens (tertiary/aromatic N) is 1. The Morgan fingerprint density at radius 2 is 1.82 bits per heavy atom. The normalized spacial score (nSPS) is 19.0. The van der Waals surface area contributed by atoms with Crippen molar-refractivity contribution < 1.29 is 29.3 Å². The number of amides is 3. The number of hydrogen-bond acceptors (Lipinski definition) is 7. The van der Waals surface area contributed by atoms with E-state index in [2.05, 4.69) is 36.7 Å². The van der Waals surface area contributed by atoms with Crippen LogP contribution in [0.1, 0.15) is 50.4 Å². The van der Waals surface area contributed by atoms with Gasteiger partial charge in [-0.25, -0.2) is 9.80 Å². The fraction of sp³-hybridized carbons (Fsp3) is 0.464. The summed E-state index contributed by atoms with van der Waals surface area (Å²) in [7, 11) is 1.21. The van der Waals surface area contributed by atoms with E-state index in [9.17, 15) is 24.6 Å². The molecule has 11 heteroatoms. The maximum absolute atomic E-state index is 13.4. The van der Waals surface area contributed by atoms with Crippen molar-refractivity contribution in [3.63, 3.8) is 0 Å². The lowest BCUT2D eigenvalue weighted by atomic mass is 9.86. The molecule has 10 nitrogen and oxygen atoms in total. The third kappa shape index (κ3) is 8.01. The lowest BCUT2D eigenvalue weighted by Crippen LogP contribution is -2.60. The zero-order valence-electron chi connectivity index (χ0n) is 22.8. The smallest absolute Gasteiger partial charge is 0.407 e. The lowest BCUT2D eigenvalue weighted by Gasteiger charge is -2.35. The molecule has 0 aromatic heterocycles. The van der Waals surface area contributed by atoms with E-state index in [1.165, 1.54) is 19.0 Å². The SMILES string of the molecule is COC(=O)N[C@H](C(=O)NN(Cc1cccc(Br)c1)C[C@](C)(O)C(=O)N[C@H]1c2ccccc2C[C@H]1O)C(C)(C)C. The number of methoxy groups -OCH3 is 1. The van der Waals surface area contributed by atoms with Gasteiger partial charge in [-0.05, 0) is 41.2 Å². The fourth-order valence-electron chi connectivity index (χ4n) is 4.55. The number of aliphatic hydroxyl groups excluding tert-OH is 1. The molecule has 0 saturated carbocycles. The van der Waals surface area contributed by atoms with Crippen molar-refractivity contribution >= 4 is 33.8 Å². The van der Waals surface area contributed by atoms with E-state index < -0.39 is 47.1 Å². The summed E-state index contributed by atoms with van der Waals surface area (Å²) in [6.45, 7) is 6.60. The summed E-state index contributed by atoms with van der Waals surface area (Å²) in [5.41, 5.74) is 2.68. The molecular formula is C28H37BrN4O6. The molecule has 5 N–H and O–H groups in total. The standard InChI is InChI=1S/C28H37BrN4O6/c1-27(2,3)23(31-26(37)39-5)24(35)32-33(15-17-9-8-11-19(29)13-17)16-28(4,38)25(36)30-22-20-12-7-6-10-18(20)14-21(22)34/h6-13,21-23,34,38H,14-16H2,1-5H3,(H,30,36)(H,31,37)(H,32,35)/t21-,22+,23-,28+/m1/s1. The van der Waals surface area contributed by atoms with Crippen molar-refractivity contribution in [1.82, 2.24) is 21.1 Å². The number of halogens is 1. The Kier molecular flexibility index (Phi) is 9.76. The molecular weight excluding hydrogens is 568 g/mol. The van der Waals surface area contributed by atoms with Crippen molar-refractivity contribution in [1.29, 1.82) is 0 Å². The number of ether oxygens (including phenoxy) is 1. The molecule has 1 aliphatic rings. The molecule has 39 heavy (non-hydrogen) atoms. The third-order valence-corrected chi connectivity index (χ3v) is 7.08. The number of rotatable bonds is 9. The van der Waals surface area contributed by atoms with Gasteiger partial charge in [0.2, 0.25) is 0 Å². The van der Waals surface area contributed by atoms with Gasteiger partial charge in [0.1, 0.15) is 6.04 Å². The van der Waals surface area contributed by atoms with Crippen LogP contribution in [0.15, 0.2) is 53.0 Å². The van der Waals surface area contributed by atoms with Crippen LogP contribution < -0.4 is 16.1 Å². The summed E-state index contributed by atoms with van der Waals surface area (Å²) in [5, 5.41) is 28.6. The number of fused-ring (bicyclic) bond motifs is 1. The van der Waals surface area contributed by atoms with Gasteiger partial charge in [-0.1, -0.05) is 73.1 Å². The van der Waals surface area contributed by atoms with Crippen LogP contribution in [0, 0.1) is 5.41 Å². The van der Waals surface area contributed by atoms with E-state index in [-0.39, 0.29) is 13.1 Å². The summed E-state index contributed by atoms with van der Waals surface area (Å²) < 4.78 is 5.51. The zero-order chi connectivity index (χ0) is 29.0. The molecule has 0 spiro atoms. The van der Waals surface area contributed by atoms with Gasteiger partial charge in [0.05, 0.1) is 25.8 Å². The largest absolute Gasteiger partial charge is 0.453 e. The molecule has 0 saturated heterocycles. The molecule has 0 aliphatic heterocycles. The maximum atomic E-state index is 13.4. The van der Waals surface area contributed by atoms with Crippen molar-refractivity contribution in [2.75, 3.05) is 13.7 Å². The highest BCUT2D eigenvalue weighted by molar-refractivity contribution is 9.10. The number of hydrogen-bond donors (Lipinski definition) is 5. The van der Waals surface area contributed by atoms with Crippen molar-refractivity contribution in [2.24, 2.45) is 5.41 Å². The predicted molar refractivity (Wildman–Crippen MR) is 149 cm³/mol. The molecule has 3 amide bonds. The molecule has 0 bridgehead atoms. The second-order valence-corrected chi connectivity index (χ2v) is 12.0. The highest BCUT2D eigenvalue weighted by atomic mass is 79.9. The molecule has 1 aliphatic carbocycles. The molecule has 0 fully saturated rings. The zero-order valence-corrected chi connectivity index (χ0v) is 24.4. The molecule has 212 valence electrons. The number of benzene rings is 2. The van der Waals surface area contributed by atoms with E-state index in [0.29, 0.717) is 6.42 Å². The first-order chi connectivity index (χ1) is 18.2. The van der Waals surface area contributed by atoms with Crippen LogP contribution in [0.4, 0.5) is 4.79 Å². The van der Waals surface area contributed by atoms with Gasteiger partial charge < -0.3 is 25.6 Å². The van der Waals surface area contributed by atoms with Gasteiger partial charge in [0.25, 0.3) is 11.8 Å². The van der Waals surface area contributed by atoms with Gasteiger partial charge in [-0.3, -0.25) is 15.0 Å². The third-order valence-electron chi connectivity index (χ3n) is 6.59. The van der Waals surface area contributed by atoms with Gasteiger partial charge in [0.15, 0.2) is 5.60 Å². The van der Waals surface area contributed by atoms with E-state index in [1.807, 2.05) is 48.5 Å². The molecule has 3 rings (SSSR count). The van der Waals surface area contributed by atoms with E-state index in [1.54, 1.807) is 20.8 Å². The highest BCUT2D eigenvalue weighted by Crippen LogP contribution is 2.31. The van der Waals surface area contributed by atoms with Crippen LogP contribution in [-0.4, -0.2) is 64.5 Å². The van der Waals surface area contributed by atoms with Gasteiger partial charge >= 0.3 is 6.09 Å². The topological polar surface area (TPSA) is 140 Å². The first-order valence-corrected chi connectivity index (χ1v) is 13.4. The van der Waals surface area contributed by atoms with Gasteiger partial charge in [-0.2, -0.15) is 0 Å². The first kappa shape index (κ1) is 30.6. The Bertz CT molecular complexity index is 1200. The van der Waals surface area contributed by atoms with Crippen LogP contribution in [0.3, 0.4) is 0 Å². The van der Waals surface area contributed by atoms with Crippen LogP contribution in [0.5, 0.6) is 0 Å². The Labute approximate surface area is 237 Å². The first-order valence-electron chi connectivity index (χ1n) is 12.6. The fourth-order valence-corrected chi connectivity index (χ4v) is 5.00. The summed E-state index contributed by atoms with van der Waals surface area (Å²) in [6, 6.07) is 13.2. The average molecular weight is 606 g/mol. The lowest BCUT2D eigenvalue weighted by molar-refractivity contribution is -0.145. The molecule has 2 aromatic carbocycles. The summed E-state index contributed by atoms with van der Waals surface area (Å²) >= 11 is 3.44. The van der Waals surface area contributed by atoms with Crippen LogP contribution in [0.25, 0.3) is 0 Å². The monoisotopic (exact) mass is 604 g/mol. The second-order valence-electron chi connectivity index (χ2n) is 11.1. The van der Waals surface area contributed by atoms with Gasteiger partial charge in [0, 0.05) is 17.4 Å². The van der Waals surface area contributed by atoms with Crippen LogP contribution in [-0.2, 0) is 27.3 Å². The Morgan fingerprint density at radius 1 is 1.13 bits per heavy atom. The highest BCUT2D eigenvalue weighted by Gasteiger charge is 2.40. The minimum atomic E-state index is -1.95. The van der Waals surface area contributed by atoms with Crippen LogP contribution >= 0.6 is 15.9 Å². The van der Waals surface area contributed by atoms with E-state index in [0.717, 1.165) is 21.2 Å². The molecule has 0 heterocycles. The summed E-state index contributed by atoms with van der Waals surface area (Å²) in [6.07, 6.45) is -1.18. The quantitative estimate of drug-likeness (QED) is 0.277. The maximum Gasteiger partial charge on any atom is 0.407 e. The predicted octanol–water partition coefficient (Wildman–Crippen LogP) is 2.58. The number of aliphatic hydroxyl groups is 2. The Balaban J connectivity index is 1.82. The number of carbonyl (C=O) groups excluding carboxylic acids is 3. The number of nitrogens with one attached hydrogen (secondary N) is 3. The molecule has 2 aromatic rings. The number of alkyl carbamates (subject to hydrolysis) is 1. The number of hydrazine groups is 1. The van der Waals surface area contributed by atoms with Crippen molar-refractivity contribution in [2.45, 2.75) is 64.4 Å². The Morgan fingerprint density at radius 3 is 2.46 bits per heavy atom. The molecule has 0 unspecified atom stereocenters. The van der Waals surface area contributed by atoms with Crippen molar-refractivity contribution in [3.8, 4) is 0 Å². The van der Waals surface area contributed by atoms with Crippen molar-refractivity contribution in [3.05, 3.63) is 69.7 Å². The molecule has 4 atom stereocenters. The average Bonchev–Trinajstić information content (AvgIpc) is 3.16. The van der Waals surface area contributed by atoms with Gasteiger partial charge in [-0.15, -0.1) is 0 Å². The summed E-state index contributed by atoms with van der Waals surface area (Å²) in [4.78, 5) is 38.6. The second kappa shape index (κ2) is 12.5. The Hall–Kier alpha value is -2.99. The van der Waals surface area contributed by atoms with Crippen LogP contribution in [0.2, 0.25) is 0 Å². The minimum absolute atomic E-state index is 0.151. The van der Waals surface area contributed by atoms with E-state index >= 15 is 0 Å². The summed E-state index contributed by atoms with van der Waals surface area (Å²) in [5.74, 6) is -1.24. The number of carbonyl (C=O) groups is 3. The minimum Gasteiger partial charge on any atom is -0.453 e. The van der Waals surface area contributed by atoms with E-state index in [4.69, 9.17) is 0 Å².